The van der Waals surface area contributed by atoms with E-state index in [9.17, 15) is 9.59 Å². The number of nitrogens with zero attached hydrogens (tertiary/aromatic N) is 4. The van der Waals surface area contributed by atoms with Gasteiger partial charge in [-0.05, 0) is 19.1 Å². The van der Waals surface area contributed by atoms with Gasteiger partial charge < -0.3 is 19.2 Å². The molecule has 3 aromatic heterocycles. The standard InChI is InChI=1S/C19H22N6O4/c1-13-11-16(23-29-13)19(27)25-8-6-24(7-9-25)5-4-20-18(26)15-12-14(21-22-15)17-3-2-10-28-17/h2-3,10-12H,4-9H2,1H3,(H,20,26)(H,21,22). The Labute approximate surface area is 166 Å². The molecule has 3 aromatic rings. The molecule has 4 rings (SSSR count). The van der Waals surface area contributed by atoms with E-state index in [0.29, 0.717) is 54.8 Å². The molecular weight excluding hydrogens is 376 g/mol. The first-order valence-electron chi connectivity index (χ1n) is 9.42. The first-order chi connectivity index (χ1) is 14.1. The zero-order valence-corrected chi connectivity index (χ0v) is 16.1. The van der Waals surface area contributed by atoms with Crippen LogP contribution in [0.3, 0.4) is 0 Å². The van der Waals surface area contributed by atoms with Crippen molar-refractivity contribution in [1.29, 1.82) is 0 Å². The van der Waals surface area contributed by atoms with Gasteiger partial charge in [-0.2, -0.15) is 5.10 Å². The molecule has 0 aliphatic carbocycles. The highest BCUT2D eigenvalue weighted by Gasteiger charge is 2.24. The second kappa shape index (κ2) is 8.31. The number of rotatable bonds is 6. The molecule has 1 saturated heterocycles. The van der Waals surface area contributed by atoms with Gasteiger partial charge in [0.1, 0.15) is 11.5 Å². The maximum Gasteiger partial charge on any atom is 0.276 e. The highest BCUT2D eigenvalue weighted by molar-refractivity contribution is 5.93. The number of furan rings is 1. The summed E-state index contributed by atoms with van der Waals surface area (Å²) in [4.78, 5) is 28.6. The van der Waals surface area contributed by atoms with Crippen LogP contribution in [0.1, 0.15) is 26.7 Å². The topological polar surface area (TPSA) is 121 Å². The summed E-state index contributed by atoms with van der Waals surface area (Å²) in [5.41, 5.74) is 1.31. The van der Waals surface area contributed by atoms with E-state index in [0.717, 1.165) is 13.1 Å². The maximum atomic E-state index is 12.4. The molecule has 0 atom stereocenters. The lowest BCUT2D eigenvalue weighted by atomic mass is 10.2. The van der Waals surface area contributed by atoms with E-state index in [1.807, 2.05) is 0 Å². The monoisotopic (exact) mass is 398 g/mol. The van der Waals surface area contributed by atoms with Gasteiger partial charge in [0.15, 0.2) is 17.1 Å². The van der Waals surface area contributed by atoms with Gasteiger partial charge in [-0.3, -0.25) is 19.6 Å². The summed E-state index contributed by atoms with van der Waals surface area (Å²) < 4.78 is 10.3. The van der Waals surface area contributed by atoms with Gasteiger partial charge in [0, 0.05) is 51.4 Å². The molecule has 10 nitrogen and oxygen atoms in total. The Balaban J connectivity index is 1.20. The molecule has 0 spiro atoms. The number of aryl methyl sites for hydroxylation is 1. The van der Waals surface area contributed by atoms with Crippen LogP contribution in [0.15, 0.2) is 39.5 Å². The summed E-state index contributed by atoms with van der Waals surface area (Å²) in [6.07, 6.45) is 1.57. The van der Waals surface area contributed by atoms with Crippen molar-refractivity contribution in [2.45, 2.75) is 6.92 Å². The van der Waals surface area contributed by atoms with Crippen molar-refractivity contribution >= 4 is 11.8 Å². The molecular formula is C19H22N6O4. The fraction of sp³-hybridized carbons (Fsp3) is 0.368. The third kappa shape index (κ3) is 4.37. The Morgan fingerprint density at radius 1 is 1.21 bits per heavy atom. The molecule has 0 aromatic carbocycles. The number of piperazine rings is 1. The lowest BCUT2D eigenvalue weighted by Crippen LogP contribution is -2.50. The molecule has 0 radical (unpaired) electrons. The summed E-state index contributed by atoms with van der Waals surface area (Å²) in [7, 11) is 0. The molecule has 29 heavy (non-hydrogen) atoms. The van der Waals surface area contributed by atoms with Gasteiger partial charge in [0.2, 0.25) is 0 Å². The Bertz CT molecular complexity index is 969. The average molecular weight is 398 g/mol. The maximum absolute atomic E-state index is 12.4. The largest absolute Gasteiger partial charge is 0.463 e. The molecule has 1 fully saturated rings. The van der Waals surface area contributed by atoms with Crippen LogP contribution in [0.25, 0.3) is 11.5 Å². The second-order valence-electron chi connectivity index (χ2n) is 6.86. The van der Waals surface area contributed by atoms with E-state index in [1.54, 1.807) is 42.4 Å². The van der Waals surface area contributed by atoms with Crippen molar-refractivity contribution in [3.05, 3.63) is 47.7 Å². The smallest absolute Gasteiger partial charge is 0.276 e. The summed E-state index contributed by atoms with van der Waals surface area (Å²) in [5, 5.41) is 13.5. The van der Waals surface area contributed by atoms with Crippen LogP contribution in [0, 0.1) is 6.92 Å². The van der Waals surface area contributed by atoms with Crippen LogP contribution in [-0.4, -0.2) is 76.2 Å². The summed E-state index contributed by atoms with van der Waals surface area (Å²) in [6.45, 7) is 5.67. The Hall–Kier alpha value is -3.40. The highest BCUT2D eigenvalue weighted by Crippen LogP contribution is 2.17. The normalized spacial score (nSPS) is 14.9. The van der Waals surface area contributed by atoms with E-state index in [4.69, 9.17) is 8.94 Å². The number of carbonyl (C=O) groups excluding carboxylic acids is 2. The number of hydrogen-bond acceptors (Lipinski definition) is 7. The molecule has 1 aliphatic rings. The number of hydrogen-bond donors (Lipinski definition) is 2. The Morgan fingerprint density at radius 2 is 2.03 bits per heavy atom. The molecule has 0 bridgehead atoms. The SMILES string of the molecule is Cc1cc(C(=O)N2CCN(CCNC(=O)c3cc(-c4ccco4)[nH]n3)CC2)no1. The minimum absolute atomic E-state index is 0.110. The van der Waals surface area contributed by atoms with Crippen LogP contribution in [0.5, 0.6) is 0 Å². The summed E-state index contributed by atoms with van der Waals surface area (Å²) in [5.74, 6) is 0.899. The molecule has 1 aliphatic heterocycles. The van der Waals surface area contributed by atoms with Crippen LogP contribution in [0.4, 0.5) is 0 Å². The van der Waals surface area contributed by atoms with Crippen molar-refractivity contribution < 1.29 is 18.5 Å². The van der Waals surface area contributed by atoms with Crippen molar-refractivity contribution in [3.63, 3.8) is 0 Å². The van der Waals surface area contributed by atoms with E-state index in [2.05, 4.69) is 25.6 Å². The number of carbonyl (C=O) groups is 2. The molecule has 4 heterocycles. The Kier molecular flexibility index (Phi) is 5.43. The average Bonchev–Trinajstić information content (AvgIpc) is 3.49. The number of amides is 2. The summed E-state index contributed by atoms with van der Waals surface area (Å²) >= 11 is 0. The van der Waals surface area contributed by atoms with Crippen LogP contribution < -0.4 is 5.32 Å². The lowest BCUT2D eigenvalue weighted by Gasteiger charge is -2.34. The fourth-order valence-electron chi connectivity index (χ4n) is 3.22. The predicted octanol–water partition coefficient (Wildman–Crippen LogP) is 1.15. The van der Waals surface area contributed by atoms with E-state index >= 15 is 0 Å². The number of aromatic nitrogens is 3. The van der Waals surface area contributed by atoms with Gasteiger partial charge in [-0.15, -0.1) is 0 Å². The minimum atomic E-state index is -0.241. The van der Waals surface area contributed by atoms with Gasteiger partial charge >= 0.3 is 0 Å². The molecule has 0 unspecified atom stereocenters. The van der Waals surface area contributed by atoms with Crippen molar-refractivity contribution in [2.24, 2.45) is 0 Å². The molecule has 2 amide bonds. The minimum Gasteiger partial charge on any atom is -0.463 e. The summed E-state index contributed by atoms with van der Waals surface area (Å²) in [6, 6.07) is 6.88. The van der Waals surface area contributed by atoms with Gasteiger partial charge in [-0.1, -0.05) is 5.16 Å². The van der Waals surface area contributed by atoms with Gasteiger partial charge in [0.05, 0.1) is 6.26 Å². The van der Waals surface area contributed by atoms with E-state index in [-0.39, 0.29) is 11.8 Å². The molecule has 0 saturated carbocycles. The first kappa shape index (κ1) is 18.9. The van der Waals surface area contributed by atoms with Gasteiger partial charge in [0.25, 0.3) is 11.8 Å². The number of nitrogens with one attached hydrogen (secondary N) is 2. The first-order valence-corrected chi connectivity index (χ1v) is 9.42. The van der Waals surface area contributed by atoms with Gasteiger partial charge in [-0.25, -0.2) is 0 Å². The number of H-pyrrole nitrogens is 1. The highest BCUT2D eigenvalue weighted by atomic mass is 16.5. The number of aromatic amines is 1. The fourth-order valence-corrected chi connectivity index (χ4v) is 3.22. The molecule has 2 N–H and O–H groups in total. The van der Waals surface area contributed by atoms with Crippen LogP contribution in [-0.2, 0) is 0 Å². The van der Waals surface area contributed by atoms with E-state index in [1.165, 1.54) is 0 Å². The predicted molar refractivity (Wildman–Crippen MR) is 102 cm³/mol. The van der Waals surface area contributed by atoms with Crippen molar-refractivity contribution in [3.8, 4) is 11.5 Å². The van der Waals surface area contributed by atoms with Crippen molar-refractivity contribution in [2.75, 3.05) is 39.3 Å². The van der Waals surface area contributed by atoms with Crippen molar-refractivity contribution in [1.82, 2.24) is 30.5 Å². The van der Waals surface area contributed by atoms with Crippen LogP contribution >= 0.6 is 0 Å². The third-order valence-corrected chi connectivity index (χ3v) is 4.82. The Morgan fingerprint density at radius 3 is 2.72 bits per heavy atom. The zero-order valence-electron chi connectivity index (χ0n) is 16.1. The van der Waals surface area contributed by atoms with Crippen LogP contribution in [0.2, 0.25) is 0 Å². The lowest BCUT2D eigenvalue weighted by molar-refractivity contribution is 0.0628. The molecule has 152 valence electrons. The second-order valence-corrected chi connectivity index (χ2v) is 6.86. The molecule has 10 heteroatoms. The zero-order chi connectivity index (χ0) is 20.2. The van der Waals surface area contributed by atoms with E-state index < -0.39 is 0 Å². The third-order valence-electron chi connectivity index (χ3n) is 4.82. The quantitative estimate of drug-likeness (QED) is 0.639.